The molecule has 0 aliphatic carbocycles. The van der Waals surface area contributed by atoms with Crippen LogP contribution in [0.4, 0.5) is 0 Å². The minimum absolute atomic E-state index is 0.00585. The average Bonchev–Trinajstić information content (AvgIpc) is 3.07. The molecular formula is C31H40N2O2. The smallest absolute Gasteiger partial charge is 0.246 e. The second-order valence-electron chi connectivity index (χ2n) is 11.4. The second kappa shape index (κ2) is 11.1. The van der Waals surface area contributed by atoms with Crippen molar-refractivity contribution in [1.82, 2.24) is 9.80 Å². The van der Waals surface area contributed by atoms with Crippen LogP contribution in [-0.4, -0.2) is 47.8 Å². The molecule has 1 heterocycles. The molecule has 0 spiro atoms. The maximum atomic E-state index is 12.8. The standard InChI is InChI=1S/C31H40N2O2/c1-30(2,3)26-14-8-24(9-15-26)12-18-28(34)32-20-7-21-33(23-22-32)29(35)19-13-25-10-16-27(17-11-25)31(4,5)6/h8-19H,7,20-23H2,1-6H3/b18-12+,19-13+. The third-order valence-electron chi connectivity index (χ3n) is 6.51. The van der Waals surface area contributed by atoms with Gasteiger partial charge in [-0.15, -0.1) is 0 Å². The van der Waals surface area contributed by atoms with Gasteiger partial charge in [0.25, 0.3) is 0 Å². The lowest BCUT2D eigenvalue weighted by molar-refractivity contribution is -0.128. The lowest BCUT2D eigenvalue weighted by Crippen LogP contribution is -2.36. The first-order valence-electron chi connectivity index (χ1n) is 12.6. The van der Waals surface area contributed by atoms with Gasteiger partial charge in [0.1, 0.15) is 0 Å². The highest BCUT2D eigenvalue weighted by Gasteiger charge is 2.20. The largest absolute Gasteiger partial charge is 0.337 e. The van der Waals surface area contributed by atoms with E-state index in [0.717, 1.165) is 17.5 Å². The number of nitrogens with zero attached hydrogens (tertiary/aromatic N) is 2. The number of hydrogen-bond acceptors (Lipinski definition) is 2. The monoisotopic (exact) mass is 472 g/mol. The third kappa shape index (κ3) is 7.68. The molecule has 0 atom stereocenters. The van der Waals surface area contributed by atoms with Crippen molar-refractivity contribution in [2.45, 2.75) is 58.8 Å². The Bertz CT molecular complexity index is 977. The van der Waals surface area contributed by atoms with Crippen molar-refractivity contribution in [2.24, 2.45) is 0 Å². The maximum Gasteiger partial charge on any atom is 0.246 e. The summed E-state index contributed by atoms with van der Waals surface area (Å²) in [7, 11) is 0. The Kier molecular flexibility index (Phi) is 8.37. The minimum Gasteiger partial charge on any atom is -0.337 e. The first-order chi connectivity index (χ1) is 16.4. The van der Waals surface area contributed by atoms with Gasteiger partial charge in [0, 0.05) is 38.3 Å². The molecule has 0 radical (unpaired) electrons. The van der Waals surface area contributed by atoms with E-state index in [1.54, 1.807) is 12.2 Å². The third-order valence-corrected chi connectivity index (χ3v) is 6.51. The van der Waals surface area contributed by atoms with Crippen molar-refractivity contribution in [1.29, 1.82) is 0 Å². The van der Waals surface area contributed by atoms with Gasteiger partial charge in [-0.05, 0) is 51.7 Å². The van der Waals surface area contributed by atoms with Crippen LogP contribution in [0.5, 0.6) is 0 Å². The predicted molar refractivity (Wildman–Crippen MR) is 146 cm³/mol. The molecule has 0 unspecified atom stereocenters. The summed E-state index contributed by atoms with van der Waals surface area (Å²) in [6.45, 7) is 15.6. The van der Waals surface area contributed by atoms with Gasteiger partial charge in [-0.2, -0.15) is 0 Å². The van der Waals surface area contributed by atoms with E-state index < -0.39 is 0 Å². The molecule has 35 heavy (non-hydrogen) atoms. The predicted octanol–water partition coefficient (Wildman–Crippen LogP) is 6.07. The van der Waals surface area contributed by atoms with Crippen LogP contribution in [0.15, 0.2) is 60.7 Å². The van der Waals surface area contributed by atoms with Crippen LogP contribution in [0.2, 0.25) is 0 Å². The van der Waals surface area contributed by atoms with Crippen LogP contribution in [0.3, 0.4) is 0 Å². The molecular weight excluding hydrogens is 432 g/mol. The number of amides is 2. The van der Waals surface area contributed by atoms with Gasteiger partial charge in [-0.1, -0.05) is 90.1 Å². The first kappa shape index (κ1) is 26.5. The van der Waals surface area contributed by atoms with Gasteiger partial charge in [0.15, 0.2) is 0 Å². The molecule has 2 amide bonds. The van der Waals surface area contributed by atoms with Gasteiger partial charge in [-0.3, -0.25) is 9.59 Å². The van der Waals surface area contributed by atoms with E-state index in [9.17, 15) is 9.59 Å². The van der Waals surface area contributed by atoms with Crippen LogP contribution in [0.1, 0.15) is 70.2 Å². The Hall–Kier alpha value is -3.14. The summed E-state index contributed by atoms with van der Waals surface area (Å²) in [6.07, 6.45) is 7.81. The molecule has 0 saturated carbocycles. The van der Waals surface area contributed by atoms with E-state index in [1.807, 2.05) is 22.0 Å². The van der Waals surface area contributed by atoms with E-state index in [-0.39, 0.29) is 22.6 Å². The lowest BCUT2D eigenvalue weighted by Gasteiger charge is -2.20. The zero-order chi connectivity index (χ0) is 25.6. The zero-order valence-corrected chi connectivity index (χ0v) is 22.2. The quantitative estimate of drug-likeness (QED) is 0.507. The molecule has 4 nitrogen and oxygen atoms in total. The summed E-state index contributed by atoms with van der Waals surface area (Å²) in [5.41, 5.74) is 4.79. The molecule has 1 aliphatic rings. The van der Waals surface area contributed by atoms with Crippen LogP contribution in [-0.2, 0) is 20.4 Å². The van der Waals surface area contributed by atoms with Crippen molar-refractivity contribution in [3.05, 3.63) is 82.9 Å². The van der Waals surface area contributed by atoms with Gasteiger partial charge < -0.3 is 9.80 Å². The maximum absolute atomic E-state index is 12.8. The molecule has 0 bridgehead atoms. The Morgan fingerprint density at radius 3 is 1.26 bits per heavy atom. The summed E-state index contributed by atoms with van der Waals surface area (Å²) in [5, 5.41) is 0. The minimum atomic E-state index is -0.00585. The van der Waals surface area contributed by atoms with Gasteiger partial charge in [0.2, 0.25) is 11.8 Å². The summed E-state index contributed by atoms with van der Waals surface area (Å²) in [6, 6.07) is 16.7. The summed E-state index contributed by atoms with van der Waals surface area (Å²) in [4.78, 5) is 29.2. The Balaban J connectivity index is 1.53. The molecule has 1 saturated heterocycles. The summed E-state index contributed by atoms with van der Waals surface area (Å²) < 4.78 is 0. The zero-order valence-electron chi connectivity index (χ0n) is 22.2. The van der Waals surface area contributed by atoms with E-state index in [2.05, 4.69) is 90.1 Å². The topological polar surface area (TPSA) is 40.6 Å². The molecule has 4 heteroatoms. The Morgan fingerprint density at radius 1 is 0.600 bits per heavy atom. The summed E-state index contributed by atoms with van der Waals surface area (Å²) >= 11 is 0. The highest BCUT2D eigenvalue weighted by molar-refractivity contribution is 5.93. The van der Waals surface area contributed by atoms with E-state index >= 15 is 0 Å². The molecule has 0 aromatic heterocycles. The van der Waals surface area contributed by atoms with E-state index in [1.165, 1.54) is 11.1 Å². The number of rotatable bonds is 4. The molecule has 3 rings (SSSR count). The fourth-order valence-corrected chi connectivity index (χ4v) is 4.09. The number of hydrogen-bond donors (Lipinski definition) is 0. The van der Waals surface area contributed by atoms with Gasteiger partial charge >= 0.3 is 0 Å². The van der Waals surface area contributed by atoms with Crippen molar-refractivity contribution in [3.63, 3.8) is 0 Å². The SMILES string of the molecule is CC(C)(C)c1ccc(/C=C/C(=O)N2CCCN(C(=O)/C=C/c3ccc(C(C)(C)C)cc3)CC2)cc1. The van der Waals surface area contributed by atoms with Crippen molar-refractivity contribution in [3.8, 4) is 0 Å². The lowest BCUT2D eigenvalue weighted by atomic mass is 9.87. The van der Waals surface area contributed by atoms with Crippen molar-refractivity contribution < 1.29 is 9.59 Å². The van der Waals surface area contributed by atoms with Crippen molar-refractivity contribution >= 4 is 24.0 Å². The molecule has 186 valence electrons. The first-order valence-corrected chi connectivity index (χ1v) is 12.6. The molecule has 2 aromatic carbocycles. The van der Waals surface area contributed by atoms with Gasteiger partial charge in [-0.25, -0.2) is 0 Å². The molecule has 0 N–H and O–H groups in total. The molecule has 1 aliphatic heterocycles. The van der Waals surface area contributed by atoms with E-state index in [0.29, 0.717) is 26.2 Å². The average molecular weight is 473 g/mol. The fraction of sp³-hybridized carbons (Fsp3) is 0.419. The highest BCUT2D eigenvalue weighted by Crippen LogP contribution is 2.23. The number of carbonyl (C=O) groups excluding carboxylic acids is 2. The summed E-state index contributed by atoms with van der Waals surface area (Å²) in [5.74, 6) is -0.0117. The number of carbonyl (C=O) groups is 2. The molecule has 1 fully saturated rings. The Morgan fingerprint density at radius 2 is 0.943 bits per heavy atom. The van der Waals surface area contributed by atoms with Crippen LogP contribution in [0, 0.1) is 0 Å². The van der Waals surface area contributed by atoms with Crippen LogP contribution in [0.25, 0.3) is 12.2 Å². The fourth-order valence-electron chi connectivity index (χ4n) is 4.09. The Labute approximate surface area is 211 Å². The van der Waals surface area contributed by atoms with Crippen LogP contribution < -0.4 is 0 Å². The van der Waals surface area contributed by atoms with Crippen LogP contribution >= 0.6 is 0 Å². The highest BCUT2D eigenvalue weighted by atomic mass is 16.2. The second-order valence-corrected chi connectivity index (χ2v) is 11.4. The van der Waals surface area contributed by atoms with Crippen molar-refractivity contribution in [2.75, 3.05) is 26.2 Å². The van der Waals surface area contributed by atoms with Gasteiger partial charge in [0.05, 0.1) is 0 Å². The normalized spacial score (nSPS) is 15.6. The molecule has 2 aromatic rings. The van der Waals surface area contributed by atoms with E-state index in [4.69, 9.17) is 0 Å². The number of benzene rings is 2.